The number of nitrogens with two attached hydrogens (primary N) is 1. The first-order valence-corrected chi connectivity index (χ1v) is 7.40. The summed E-state index contributed by atoms with van der Waals surface area (Å²) < 4.78 is 0. The summed E-state index contributed by atoms with van der Waals surface area (Å²) in [6.07, 6.45) is 2.33. The van der Waals surface area contributed by atoms with E-state index in [1.807, 2.05) is 35.2 Å². The average molecular weight is 289 g/mol. The van der Waals surface area contributed by atoms with E-state index in [1.54, 1.807) is 7.05 Å². The Labute approximate surface area is 125 Å². The van der Waals surface area contributed by atoms with Gasteiger partial charge in [0.05, 0.1) is 6.54 Å². The molecule has 0 radical (unpaired) electrons. The standard InChI is InChI=1S/C16H23N3O2/c1-18(12-16(21)19-9-5-6-10-19)15(20)11-14(17)13-7-3-2-4-8-13/h2-4,7-8,14H,5-6,9-12,17H2,1H3. The lowest BCUT2D eigenvalue weighted by molar-refractivity contribution is -0.139. The molecule has 1 fully saturated rings. The summed E-state index contributed by atoms with van der Waals surface area (Å²) in [6, 6.07) is 9.21. The minimum atomic E-state index is -0.331. The molecule has 0 saturated carbocycles. The van der Waals surface area contributed by atoms with Gasteiger partial charge in [-0.1, -0.05) is 30.3 Å². The Balaban J connectivity index is 1.83. The summed E-state index contributed by atoms with van der Waals surface area (Å²) >= 11 is 0. The second kappa shape index (κ2) is 7.22. The van der Waals surface area contributed by atoms with Crippen molar-refractivity contribution in [1.29, 1.82) is 0 Å². The van der Waals surface area contributed by atoms with E-state index < -0.39 is 0 Å². The van der Waals surface area contributed by atoms with Crippen LogP contribution in [-0.4, -0.2) is 48.3 Å². The number of rotatable bonds is 5. The van der Waals surface area contributed by atoms with E-state index in [2.05, 4.69) is 0 Å². The molecular formula is C16H23N3O2. The van der Waals surface area contributed by atoms with Crippen LogP contribution in [0.5, 0.6) is 0 Å². The SMILES string of the molecule is CN(CC(=O)N1CCCC1)C(=O)CC(N)c1ccccc1. The molecular weight excluding hydrogens is 266 g/mol. The number of hydrogen-bond acceptors (Lipinski definition) is 3. The molecule has 1 heterocycles. The van der Waals surface area contributed by atoms with E-state index in [9.17, 15) is 9.59 Å². The summed E-state index contributed by atoms with van der Waals surface area (Å²) in [7, 11) is 1.66. The maximum Gasteiger partial charge on any atom is 0.242 e. The lowest BCUT2D eigenvalue weighted by Gasteiger charge is -2.22. The third kappa shape index (κ3) is 4.29. The second-order valence-corrected chi connectivity index (χ2v) is 5.56. The molecule has 21 heavy (non-hydrogen) atoms. The van der Waals surface area contributed by atoms with Crippen molar-refractivity contribution in [3.8, 4) is 0 Å². The predicted molar refractivity (Wildman–Crippen MR) is 81.4 cm³/mol. The monoisotopic (exact) mass is 289 g/mol. The van der Waals surface area contributed by atoms with Crippen molar-refractivity contribution in [3.63, 3.8) is 0 Å². The average Bonchev–Trinajstić information content (AvgIpc) is 3.02. The highest BCUT2D eigenvalue weighted by molar-refractivity contribution is 5.85. The van der Waals surface area contributed by atoms with Crippen LogP contribution in [0.25, 0.3) is 0 Å². The molecule has 0 spiro atoms. The Morgan fingerprint density at radius 3 is 2.48 bits per heavy atom. The first-order chi connectivity index (χ1) is 10.1. The fraction of sp³-hybridized carbons (Fsp3) is 0.500. The van der Waals surface area contributed by atoms with Gasteiger partial charge in [-0.3, -0.25) is 9.59 Å². The summed E-state index contributed by atoms with van der Waals surface area (Å²) in [6.45, 7) is 1.76. The van der Waals surface area contributed by atoms with Gasteiger partial charge in [-0.25, -0.2) is 0 Å². The van der Waals surface area contributed by atoms with E-state index >= 15 is 0 Å². The molecule has 5 heteroatoms. The van der Waals surface area contributed by atoms with E-state index in [1.165, 1.54) is 4.90 Å². The van der Waals surface area contributed by atoms with Crippen LogP contribution in [0.15, 0.2) is 30.3 Å². The molecule has 2 amide bonds. The minimum absolute atomic E-state index is 0.0247. The van der Waals surface area contributed by atoms with Crippen molar-refractivity contribution in [2.75, 3.05) is 26.7 Å². The van der Waals surface area contributed by atoms with Gasteiger partial charge in [0.2, 0.25) is 11.8 Å². The van der Waals surface area contributed by atoms with Crippen LogP contribution in [-0.2, 0) is 9.59 Å². The first-order valence-electron chi connectivity index (χ1n) is 7.40. The van der Waals surface area contributed by atoms with Crippen LogP contribution >= 0.6 is 0 Å². The topological polar surface area (TPSA) is 66.6 Å². The highest BCUT2D eigenvalue weighted by Gasteiger charge is 2.22. The van der Waals surface area contributed by atoms with Crippen molar-refractivity contribution in [2.45, 2.75) is 25.3 Å². The molecule has 1 atom stereocenters. The van der Waals surface area contributed by atoms with Crippen LogP contribution in [0.2, 0.25) is 0 Å². The Kier molecular flexibility index (Phi) is 5.33. The van der Waals surface area contributed by atoms with Crippen molar-refractivity contribution < 1.29 is 9.59 Å². The number of likely N-dealkylation sites (tertiary alicyclic amines) is 1. The molecule has 5 nitrogen and oxygen atoms in total. The largest absolute Gasteiger partial charge is 0.341 e. The number of hydrogen-bond donors (Lipinski definition) is 1. The summed E-state index contributed by atoms with van der Waals surface area (Å²) in [4.78, 5) is 27.5. The zero-order chi connectivity index (χ0) is 15.2. The molecule has 0 bridgehead atoms. The molecule has 1 aromatic rings. The molecule has 1 aliphatic rings. The number of carbonyl (C=O) groups is 2. The smallest absolute Gasteiger partial charge is 0.242 e. The predicted octanol–water partition coefficient (Wildman–Crippen LogP) is 1.16. The molecule has 2 N–H and O–H groups in total. The molecule has 114 valence electrons. The lowest BCUT2D eigenvalue weighted by atomic mass is 10.0. The fourth-order valence-electron chi connectivity index (χ4n) is 2.52. The van der Waals surface area contributed by atoms with Crippen LogP contribution in [0.1, 0.15) is 30.9 Å². The van der Waals surface area contributed by atoms with E-state index in [-0.39, 0.29) is 30.8 Å². The van der Waals surface area contributed by atoms with Gasteiger partial charge in [0.25, 0.3) is 0 Å². The zero-order valence-corrected chi connectivity index (χ0v) is 12.5. The van der Waals surface area contributed by atoms with Crippen molar-refractivity contribution >= 4 is 11.8 Å². The van der Waals surface area contributed by atoms with E-state index in [4.69, 9.17) is 5.73 Å². The third-order valence-corrected chi connectivity index (χ3v) is 3.88. The maximum absolute atomic E-state index is 12.2. The number of nitrogens with zero attached hydrogens (tertiary/aromatic N) is 2. The number of likely N-dealkylation sites (N-methyl/N-ethyl adjacent to an activating group) is 1. The van der Waals surface area contributed by atoms with Crippen molar-refractivity contribution in [1.82, 2.24) is 9.80 Å². The van der Waals surface area contributed by atoms with Gasteiger partial charge in [0, 0.05) is 32.6 Å². The summed E-state index contributed by atoms with van der Waals surface area (Å²) in [5.41, 5.74) is 6.98. The fourth-order valence-corrected chi connectivity index (χ4v) is 2.52. The minimum Gasteiger partial charge on any atom is -0.341 e. The lowest BCUT2D eigenvalue weighted by Crippen LogP contribution is -2.40. The molecule has 1 unspecified atom stereocenters. The number of amides is 2. The van der Waals surface area contributed by atoms with Gasteiger partial charge < -0.3 is 15.5 Å². The molecule has 0 aliphatic carbocycles. The molecule has 1 aliphatic heterocycles. The van der Waals surface area contributed by atoms with Gasteiger partial charge in [0.15, 0.2) is 0 Å². The molecule has 2 rings (SSSR count). The zero-order valence-electron chi connectivity index (χ0n) is 12.5. The summed E-state index contributed by atoms with van der Waals surface area (Å²) in [5, 5.41) is 0. The highest BCUT2D eigenvalue weighted by atomic mass is 16.2. The van der Waals surface area contributed by atoms with Crippen LogP contribution in [0.4, 0.5) is 0 Å². The third-order valence-electron chi connectivity index (χ3n) is 3.88. The van der Waals surface area contributed by atoms with Crippen LogP contribution < -0.4 is 5.73 Å². The molecule has 0 aromatic heterocycles. The van der Waals surface area contributed by atoms with Crippen LogP contribution in [0, 0.1) is 0 Å². The highest BCUT2D eigenvalue weighted by Crippen LogP contribution is 2.14. The van der Waals surface area contributed by atoms with Crippen molar-refractivity contribution in [2.24, 2.45) is 5.73 Å². The number of carbonyl (C=O) groups excluding carboxylic acids is 2. The number of benzene rings is 1. The van der Waals surface area contributed by atoms with Gasteiger partial charge in [-0.2, -0.15) is 0 Å². The van der Waals surface area contributed by atoms with Crippen LogP contribution in [0.3, 0.4) is 0 Å². The molecule has 1 saturated heterocycles. The van der Waals surface area contributed by atoms with E-state index in [0.29, 0.717) is 0 Å². The Bertz CT molecular complexity index is 484. The Hall–Kier alpha value is -1.88. The van der Waals surface area contributed by atoms with Gasteiger partial charge in [0.1, 0.15) is 0 Å². The normalized spacial score (nSPS) is 15.8. The Morgan fingerprint density at radius 2 is 1.86 bits per heavy atom. The summed E-state index contributed by atoms with van der Waals surface area (Å²) in [5.74, 6) is -0.0736. The van der Waals surface area contributed by atoms with Gasteiger partial charge in [-0.05, 0) is 18.4 Å². The van der Waals surface area contributed by atoms with Gasteiger partial charge >= 0.3 is 0 Å². The quantitative estimate of drug-likeness (QED) is 0.884. The maximum atomic E-state index is 12.2. The Morgan fingerprint density at radius 1 is 1.24 bits per heavy atom. The van der Waals surface area contributed by atoms with Crippen molar-refractivity contribution in [3.05, 3.63) is 35.9 Å². The van der Waals surface area contributed by atoms with Gasteiger partial charge in [-0.15, -0.1) is 0 Å². The second-order valence-electron chi connectivity index (χ2n) is 5.56. The van der Waals surface area contributed by atoms with E-state index in [0.717, 1.165) is 31.5 Å². The first kappa shape index (κ1) is 15.5. The molecule has 1 aromatic carbocycles.